The molecule has 1 unspecified atom stereocenters. The molecule has 2 aromatic rings. The van der Waals surface area contributed by atoms with Crippen LogP contribution in [0.1, 0.15) is 31.4 Å². The van der Waals surface area contributed by atoms with Gasteiger partial charge in [0.1, 0.15) is 12.4 Å². The van der Waals surface area contributed by atoms with Gasteiger partial charge in [0.05, 0.1) is 0 Å². The Hall–Kier alpha value is -0.930. The van der Waals surface area contributed by atoms with Gasteiger partial charge >= 0.3 is 0 Å². The largest absolute Gasteiger partial charge is 0.489 e. The zero-order valence-electron chi connectivity index (χ0n) is 13.3. The van der Waals surface area contributed by atoms with Crippen molar-refractivity contribution in [3.63, 3.8) is 0 Å². The van der Waals surface area contributed by atoms with Gasteiger partial charge in [-0.25, -0.2) is 0 Å². The first kappa shape index (κ1) is 20.1. The molecule has 1 N–H and O–H groups in total. The van der Waals surface area contributed by atoms with Crippen molar-refractivity contribution in [3.05, 3.63) is 63.6 Å². The zero-order valence-corrected chi connectivity index (χ0v) is 15.6. The molecule has 0 amide bonds. The van der Waals surface area contributed by atoms with Gasteiger partial charge in [0, 0.05) is 33.8 Å². The Labute approximate surface area is 154 Å². The van der Waals surface area contributed by atoms with E-state index in [0.717, 1.165) is 34.9 Å². The molecule has 0 aliphatic heterocycles. The van der Waals surface area contributed by atoms with E-state index in [-0.39, 0.29) is 12.4 Å². The highest BCUT2D eigenvalue weighted by Crippen LogP contribution is 2.25. The lowest BCUT2D eigenvalue weighted by atomic mass is 10.1. The van der Waals surface area contributed by atoms with Crippen LogP contribution in [0.2, 0.25) is 10.0 Å². The number of ether oxygens (including phenoxy) is 1. The molecular formula is C18H22Cl3NO. The maximum Gasteiger partial charge on any atom is 0.124 e. The average molecular weight is 375 g/mol. The standard InChI is InChI=1S/C18H21Cl2NO.ClH/c1-3-13(2)21-11-15-10-16(19)8-9-18(15)22-12-14-6-4-5-7-17(14)20;/h4-10,13,21H,3,11-12H2,1-2H3;1H. The Morgan fingerprint density at radius 2 is 1.83 bits per heavy atom. The number of hydrogen-bond donors (Lipinski definition) is 1. The van der Waals surface area contributed by atoms with Crippen LogP contribution in [0.3, 0.4) is 0 Å². The highest BCUT2D eigenvalue weighted by atomic mass is 35.5. The minimum atomic E-state index is 0. The van der Waals surface area contributed by atoms with Crippen molar-refractivity contribution >= 4 is 35.6 Å². The SMILES string of the molecule is CCC(C)NCc1cc(Cl)ccc1OCc1ccccc1Cl.Cl. The van der Waals surface area contributed by atoms with E-state index >= 15 is 0 Å². The Bertz CT molecular complexity index is 619. The van der Waals surface area contributed by atoms with Gasteiger partial charge in [-0.3, -0.25) is 0 Å². The summed E-state index contributed by atoms with van der Waals surface area (Å²) in [7, 11) is 0. The monoisotopic (exact) mass is 373 g/mol. The first-order valence-corrected chi connectivity index (χ1v) is 8.23. The maximum absolute atomic E-state index is 6.16. The van der Waals surface area contributed by atoms with Gasteiger partial charge in [0.2, 0.25) is 0 Å². The van der Waals surface area contributed by atoms with Crippen molar-refractivity contribution in [2.24, 2.45) is 0 Å². The van der Waals surface area contributed by atoms with Gasteiger partial charge < -0.3 is 10.1 Å². The van der Waals surface area contributed by atoms with E-state index in [9.17, 15) is 0 Å². The van der Waals surface area contributed by atoms with Gasteiger partial charge in [-0.1, -0.05) is 48.3 Å². The lowest BCUT2D eigenvalue weighted by Crippen LogP contribution is -2.24. The van der Waals surface area contributed by atoms with Crippen LogP contribution in [0.25, 0.3) is 0 Å². The third kappa shape index (κ3) is 6.23. The van der Waals surface area contributed by atoms with Gasteiger partial charge in [-0.2, -0.15) is 0 Å². The lowest BCUT2D eigenvalue weighted by molar-refractivity contribution is 0.301. The molecule has 0 saturated heterocycles. The topological polar surface area (TPSA) is 21.3 Å². The lowest BCUT2D eigenvalue weighted by Gasteiger charge is -2.16. The summed E-state index contributed by atoms with van der Waals surface area (Å²) in [5, 5.41) is 4.89. The van der Waals surface area contributed by atoms with Crippen molar-refractivity contribution in [1.82, 2.24) is 5.32 Å². The van der Waals surface area contributed by atoms with Crippen LogP contribution in [0, 0.1) is 0 Å². The molecular weight excluding hydrogens is 353 g/mol. The van der Waals surface area contributed by atoms with Gasteiger partial charge in [0.25, 0.3) is 0 Å². The molecule has 0 saturated carbocycles. The summed E-state index contributed by atoms with van der Waals surface area (Å²) in [6, 6.07) is 13.9. The third-order valence-corrected chi connectivity index (χ3v) is 4.22. The molecule has 0 aliphatic carbocycles. The quantitative estimate of drug-likeness (QED) is 0.653. The fourth-order valence-electron chi connectivity index (χ4n) is 2.03. The van der Waals surface area contributed by atoms with Gasteiger partial charge in [0.15, 0.2) is 0 Å². The fraction of sp³-hybridized carbons (Fsp3) is 0.333. The van der Waals surface area contributed by atoms with Crippen LogP contribution in [-0.2, 0) is 13.2 Å². The molecule has 0 radical (unpaired) electrons. The molecule has 0 heterocycles. The molecule has 0 spiro atoms. The summed E-state index contributed by atoms with van der Waals surface area (Å²) in [6.07, 6.45) is 1.08. The molecule has 23 heavy (non-hydrogen) atoms. The van der Waals surface area contributed by atoms with E-state index in [0.29, 0.717) is 17.7 Å². The van der Waals surface area contributed by atoms with Crippen LogP contribution in [-0.4, -0.2) is 6.04 Å². The number of benzene rings is 2. The molecule has 0 aromatic heterocycles. The molecule has 2 nitrogen and oxygen atoms in total. The van der Waals surface area contributed by atoms with Crippen molar-refractivity contribution < 1.29 is 4.74 Å². The first-order chi connectivity index (χ1) is 10.6. The minimum absolute atomic E-state index is 0. The van der Waals surface area contributed by atoms with Crippen LogP contribution in [0.15, 0.2) is 42.5 Å². The van der Waals surface area contributed by atoms with E-state index in [1.807, 2.05) is 42.5 Å². The minimum Gasteiger partial charge on any atom is -0.489 e. The third-order valence-electron chi connectivity index (χ3n) is 3.62. The Kier molecular flexibility index (Phi) is 8.78. The second-order valence-corrected chi connectivity index (χ2v) is 6.17. The Morgan fingerprint density at radius 3 is 2.52 bits per heavy atom. The smallest absolute Gasteiger partial charge is 0.124 e. The summed E-state index contributed by atoms with van der Waals surface area (Å²) in [5.74, 6) is 0.833. The second kappa shape index (κ2) is 10.0. The number of nitrogens with one attached hydrogen (secondary N) is 1. The molecule has 2 aromatic carbocycles. The van der Waals surface area contributed by atoms with E-state index < -0.39 is 0 Å². The molecule has 5 heteroatoms. The van der Waals surface area contributed by atoms with Crippen molar-refractivity contribution in [2.45, 2.75) is 39.5 Å². The summed E-state index contributed by atoms with van der Waals surface area (Å²) in [6.45, 7) is 5.49. The number of hydrogen-bond acceptors (Lipinski definition) is 2. The predicted molar refractivity (Wildman–Crippen MR) is 101 cm³/mol. The van der Waals surface area contributed by atoms with Crippen LogP contribution < -0.4 is 10.1 Å². The molecule has 2 rings (SSSR count). The van der Waals surface area contributed by atoms with E-state index in [1.54, 1.807) is 0 Å². The summed E-state index contributed by atoms with van der Waals surface area (Å²) in [4.78, 5) is 0. The maximum atomic E-state index is 6.16. The van der Waals surface area contributed by atoms with Crippen LogP contribution in [0.4, 0.5) is 0 Å². The van der Waals surface area contributed by atoms with E-state index in [1.165, 1.54) is 0 Å². The number of rotatable bonds is 7. The van der Waals surface area contributed by atoms with E-state index in [4.69, 9.17) is 27.9 Å². The number of halogens is 3. The predicted octanol–water partition coefficient (Wildman–Crippen LogP) is 5.88. The Balaban J connectivity index is 0.00000264. The van der Waals surface area contributed by atoms with Crippen molar-refractivity contribution in [1.29, 1.82) is 0 Å². The van der Waals surface area contributed by atoms with Gasteiger partial charge in [-0.15, -0.1) is 12.4 Å². The molecule has 0 aliphatic rings. The molecule has 0 fully saturated rings. The normalized spacial score (nSPS) is 11.7. The summed E-state index contributed by atoms with van der Waals surface area (Å²) < 4.78 is 5.94. The second-order valence-electron chi connectivity index (χ2n) is 5.32. The summed E-state index contributed by atoms with van der Waals surface area (Å²) >= 11 is 12.3. The highest BCUT2D eigenvalue weighted by Gasteiger charge is 2.08. The van der Waals surface area contributed by atoms with Crippen molar-refractivity contribution in [3.8, 4) is 5.75 Å². The first-order valence-electron chi connectivity index (χ1n) is 7.48. The van der Waals surface area contributed by atoms with E-state index in [2.05, 4.69) is 19.2 Å². The van der Waals surface area contributed by atoms with Crippen LogP contribution in [0.5, 0.6) is 5.75 Å². The Morgan fingerprint density at radius 1 is 1.09 bits per heavy atom. The van der Waals surface area contributed by atoms with Crippen molar-refractivity contribution in [2.75, 3.05) is 0 Å². The highest BCUT2D eigenvalue weighted by molar-refractivity contribution is 6.31. The van der Waals surface area contributed by atoms with Gasteiger partial charge in [-0.05, 0) is 37.6 Å². The summed E-state index contributed by atoms with van der Waals surface area (Å²) in [5.41, 5.74) is 2.03. The fourth-order valence-corrected chi connectivity index (χ4v) is 2.41. The molecule has 126 valence electrons. The molecule has 1 atom stereocenters. The van der Waals surface area contributed by atoms with Crippen LogP contribution >= 0.6 is 35.6 Å². The molecule has 0 bridgehead atoms. The zero-order chi connectivity index (χ0) is 15.9. The average Bonchev–Trinajstić information content (AvgIpc) is 2.53.